The molecule has 0 aliphatic carbocycles. The molecule has 0 spiro atoms. The van der Waals surface area contributed by atoms with Gasteiger partial charge in [-0.15, -0.1) is 0 Å². The summed E-state index contributed by atoms with van der Waals surface area (Å²) in [6, 6.07) is 3.64. The number of aromatic nitrogens is 2. The second-order valence-electron chi connectivity index (χ2n) is 5.20. The van der Waals surface area contributed by atoms with Gasteiger partial charge in [-0.25, -0.2) is 9.97 Å². The molecule has 2 rings (SSSR count). The van der Waals surface area contributed by atoms with E-state index in [9.17, 15) is 4.79 Å². The van der Waals surface area contributed by atoms with Crippen molar-refractivity contribution in [1.29, 1.82) is 0 Å². The number of nitrogens with two attached hydrogens (primary N) is 1. The Morgan fingerprint density at radius 1 is 1.37 bits per heavy atom. The maximum atomic E-state index is 11.9. The molecule has 0 saturated heterocycles. The fourth-order valence-corrected chi connectivity index (χ4v) is 2.16. The van der Waals surface area contributed by atoms with Crippen LogP contribution in [0.25, 0.3) is 10.4 Å². The lowest BCUT2D eigenvalue weighted by Crippen LogP contribution is -2.27. The van der Waals surface area contributed by atoms with Crippen molar-refractivity contribution in [3.05, 3.63) is 24.5 Å². The van der Waals surface area contributed by atoms with E-state index in [0.717, 1.165) is 10.4 Å². The third-order valence-corrected chi connectivity index (χ3v) is 3.43. The first-order valence-corrected chi connectivity index (χ1v) is 6.67. The minimum atomic E-state index is -0.438. The van der Waals surface area contributed by atoms with E-state index in [2.05, 4.69) is 15.3 Å². The normalized spacial score (nSPS) is 11.3. The number of rotatable bonds is 2. The number of nitrogen functional groups attached to an aromatic ring is 1. The van der Waals surface area contributed by atoms with Crippen molar-refractivity contribution in [3.8, 4) is 10.4 Å². The third kappa shape index (κ3) is 3.29. The first-order chi connectivity index (χ1) is 8.86. The highest BCUT2D eigenvalue weighted by molar-refractivity contribution is 7.19. The number of amides is 1. The van der Waals surface area contributed by atoms with Crippen molar-refractivity contribution >= 4 is 28.2 Å². The van der Waals surface area contributed by atoms with Gasteiger partial charge in [-0.3, -0.25) is 4.79 Å². The summed E-state index contributed by atoms with van der Waals surface area (Å²) in [5.41, 5.74) is 6.15. The van der Waals surface area contributed by atoms with E-state index in [1.54, 1.807) is 18.5 Å². The fourth-order valence-electron chi connectivity index (χ4n) is 1.35. The highest BCUT2D eigenvalue weighted by Gasteiger charge is 2.22. The van der Waals surface area contributed by atoms with E-state index in [1.165, 1.54) is 11.3 Å². The molecule has 0 saturated carbocycles. The molecule has 2 aromatic rings. The molecule has 6 heteroatoms. The molecule has 100 valence electrons. The summed E-state index contributed by atoms with van der Waals surface area (Å²) >= 11 is 1.41. The SMILES string of the molecule is CC(C)(C)C(=O)Nc1ncc(-c2ccnc(N)c2)s1. The molecule has 0 bridgehead atoms. The molecule has 0 aliphatic heterocycles. The van der Waals surface area contributed by atoms with Crippen LogP contribution in [0, 0.1) is 5.41 Å². The Kier molecular flexibility index (Phi) is 3.53. The van der Waals surface area contributed by atoms with Crippen molar-refractivity contribution in [2.45, 2.75) is 20.8 Å². The van der Waals surface area contributed by atoms with E-state index < -0.39 is 5.41 Å². The molecular weight excluding hydrogens is 260 g/mol. The Morgan fingerprint density at radius 3 is 2.74 bits per heavy atom. The molecule has 0 fully saturated rings. The lowest BCUT2D eigenvalue weighted by molar-refractivity contribution is -0.123. The third-order valence-electron chi connectivity index (χ3n) is 2.47. The lowest BCUT2D eigenvalue weighted by Gasteiger charge is -2.15. The lowest BCUT2D eigenvalue weighted by atomic mass is 9.96. The Morgan fingerprint density at radius 2 is 2.11 bits per heavy atom. The van der Waals surface area contributed by atoms with Gasteiger partial charge in [0.05, 0.1) is 4.88 Å². The van der Waals surface area contributed by atoms with Crippen molar-refractivity contribution in [2.24, 2.45) is 5.41 Å². The summed E-state index contributed by atoms with van der Waals surface area (Å²) in [6.45, 7) is 5.58. The number of hydrogen-bond donors (Lipinski definition) is 2. The predicted octanol–water partition coefficient (Wildman–Crippen LogP) is 2.77. The second-order valence-corrected chi connectivity index (χ2v) is 6.23. The number of anilines is 2. The highest BCUT2D eigenvalue weighted by Crippen LogP contribution is 2.30. The van der Waals surface area contributed by atoms with Gasteiger partial charge in [0, 0.05) is 17.8 Å². The van der Waals surface area contributed by atoms with Crippen molar-refractivity contribution in [2.75, 3.05) is 11.1 Å². The topological polar surface area (TPSA) is 80.9 Å². The summed E-state index contributed by atoms with van der Waals surface area (Å²) < 4.78 is 0. The standard InChI is InChI=1S/C13H16N4OS/c1-13(2,3)11(18)17-12-16-7-9(19-12)8-4-5-15-10(14)6-8/h4-7H,1-3H3,(H2,14,15)(H,16,17,18). The Hall–Kier alpha value is -1.95. The summed E-state index contributed by atoms with van der Waals surface area (Å²) in [5, 5.41) is 3.40. The molecule has 2 heterocycles. The molecule has 0 aromatic carbocycles. The molecule has 0 aliphatic rings. The zero-order valence-electron chi connectivity index (χ0n) is 11.1. The molecule has 0 radical (unpaired) electrons. The van der Waals surface area contributed by atoms with Gasteiger partial charge in [-0.2, -0.15) is 0 Å². The summed E-state index contributed by atoms with van der Waals surface area (Å²) in [6.07, 6.45) is 3.37. The van der Waals surface area contributed by atoms with Crippen LogP contribution in [-0.2, 0) is 4.79 Å². The molecule has 5 nitrogen and oxygen atoms in total. The van der Waals surface area contributed by atoms with Crippen LogP contribution in [0.3, 0.4) is 0 Å². The van der Waals surface area contributed by atoms with Gasteiger partial charge in [0.2, 0.25) is 5.91 Å². The van der Waals surface area contributed by atoms with Crippen LogP contribution in [0.2, 0.25) is 0 Å². The quantitative estimate of drug-likeness (QED) is 0.883. The first-order valence-electron chi connectivity index (χ1n) is 5.85. The number of carbonyl (C=O) groups is 1. The van der Waals surface area contributed by atoms with Crippen molar-refractivity contribution in [1.82, 2.24) is 9.97 Å². The van der Waals surface area contributed by atoms with Gasteiger partial charge >= 0.3 is 0 Å². The number of thiazole rings is 1. The number of nitrogens with one attached hydrogen (secondary N) is 1. The van der Waals surface area contributed by atoms with Crippen LogP contribution in [0.15, 0.2) is 24.5 Å². The van der Waals surface area contributed by atoms with Gasteiger partial charge in [-0.05, 0) is 17.7 Å². The molecule has 2 aromatic heterocycles. The summed E-state index contributed by atoms with van der Waals surface area (Å²) in [5.74, 6) is 0.411. The largest absolute Gasteiger partial charge is 0.384 e. The Labute approximate surface area is 115 Å². The van der Waals surface area contributed by atoms with E-state index >= 15 is 0 Å². The van der Waals surface area contributed by atoms with Crippen LogP contribution in [0.5, 0.6) is 0 Å². The smallest absolute Gasteiger partial charge is 0.231 e. The van der Waals surface area contributed by atoms with Gasteiger partial charge in [0.25, 0.3) is 0 Å². The Bertz CT molecular complexity index is 601. The first kappa shape index (κ1) is 13.5. The van der Waals surface area contributed by atoms with Crippen LogP contribution in [-0.4, -0.2) is 15.9 Å². The average molecular weight is 276 g/mol. The summed E-state index contributed by atoms with van der Waals surface area (Å²) in [4.78, 5) is 20.9. The van der Waals surface area contributed by atoms with Gasteiger partial charge in [0.1, 0.15) is 5.82 Å². The molecule has 3 N–H and O–H groups in total. The van der Waals surface area contributed by atoms with Crippen LogP contribution >= 0.6 is 11.3 Å². The van der Waals surface area contributed by atoms with Gasteiger partial charge < -0.3 is 11.1 Å². The maximum absolute atomic E-state index is 11.9. The van der Waals surface area contributed by atoms with Crippen LogP contribution in [0.4, 0.5) is 10.9 Å². The number of pyridine rings is 1. The van der Waals surface area contributed by atoms with E-state index in [4.69, 9.17) is 5.73 Å². The van der Waals surface area contributed by atoms with Crippen molar-refractivity contribution in [3.63, 3.8) is 0 Å². The number of carbonyl (C=O) groups excluding carboxylic acids is 1. The predicted molar refractivity (Wildman–Crippen MR) is 77.8 cm³/mol. The molecule has 0 unspecified atom stereocenters. The van der Waals surface area contributed by atoms with Crippen LogP contribution in [0.1, 0.15) is 20.8 Å². The fraction of sp³-hybridized carbons (Fsp3) is 0.308. The minimum absolute atomic E-state index is 0.0531. The van der Waals surface area contributed by atoms with E-state index in [1.807, 2.05) is 26.8 Å². The molecule has 1 amide bonds. The van der Waals surface area contributed by atoms with E-state index in [0.29, 0.717) is 10.9 Å². The Balaban J connectivity index is 2.18. The highest BCUT2D eigenvalue weighted by atomic mass is 32.1. The second kappa shape index (κ2) is 4.97. The zero-order chi connectivity index (χ0) is 14.0. The number of nitrogens with zero attached hydrogens (tertiary/aromatic N) is 2. The average Bonchev–Trinajstić information content (AvgIpc) is 2.76. The van der Waals surface area contributed by atoms with Gasteiger partial charge in [0.15, 0.2) is 5.13 Å². The van der Waals surface area contributed by atoms with Crippen molar-refractivity contribution < 1.29 is 4.79 Å². The monoisotopic (exact) mass is 276 g/mol. The number of hydrogen-bond acceptors (Lipinski definition) is 5. The van der Waals surface area contributed by atoms with E-state index in [-0.39, 0.29) is 5.91 Å². The molecular formula is C13H16N4OS. The zero-order valence-corrected chi connectivity index (χ0v) is 11.9. The minimum Gasteiger partial charge on any atom is -0.384 e. The maximum Gasteiger partial charge on any atom is 0.231 e. The molecule has 0 atom stereocenters. The molecule has 19 heavy (non-hydrogen) atoms. The van der Waals surface area contributed by atoms with Gasteiger partial charge in [-0.1, -0.05) is 32.1 Å². The van der Waals surface area contributed by atoms with Crippen LogP contribution < -0.4 is 11.1 Å². The summed E-state index contributed by atoms with van der Waals surface area (Å²) in [7, 11) is 0.